The quantitative estimate of drug-likeness (QED) is 0.803. The topological polar surface area (TPSA) is 94.7 Å². The van der Waals surface area contributed by atoms with Gasteiger partial charge in [-0.15, -0.1) is 0 Å². The van der Waals surface area contributed by atoms with Gasteiger partial charge in [0.2, 0.25) is 0 Å². The molecule has 0 radical (unpaired) electrons. The van der Waals surface area contributed by atoms with Crippen LogP contribution in [0.15, 0.2) is 34.9 Å². The van der Waals surface area contributed by atoms with Crippen molar-refractivity contribution in [3.05, 3.63) is 46.2 Å². The zero-order valence-corrected chi connectivity index (χ0v) is 12.8. The Labute approximate surface area is 129 Å². The highest BCUT2D eigenvalue weighted by Gasteiger charge is 2.15. The molecule has 0 saturated carbocycles. The summed E-state index contributed by atoms with van der Waals surface area (Å²) in [6, 6.07) is 6.41. The molecule has 0 aliphatic rings. The summed E-state index contributed by atoms with van der Waals surface area (Å²) < 4.78 is 11.6. The first-order chi connectivity index (χ1) is 10.0. The van der Waals surface area contributed by atoms with Crippen LogP contribution in [0.2, 0.25) is 0 Å². The number of methoxy groups -OCH3 is 1. The molecule has 110 valence electrons. The summed E-state index contributed by atoms with van der Waals surface area (Å²) in [5.74, 6) is -0.454. The molecule has 3 N–H and O–H groups in total. The van der Waals surface area contributed by atoms with Gasteiger partial charge in [0.15, 0.2) is 11.5 Å². The molecule has 0 saturated heterocycles. The fourth-order valence-electron chi connectivity index (χ4n) is 1.68. The molecule has 1 aromatic carbocycles. The third kappa shape index (κ3) is 3.63. The predicted octanol–water partition coefficient (Wildman–Crippen LogP) is 2.71. The summed E-state index contributed by atoms with van der Waals surface area (Å²) in [7, 11) is 1.46. The maximum atomic E-state index is 11.1. The van der Waals surface area contributed by atoms with Gasteiger partial charge in [-0.25, -0.2) is 4.79 Å². The van der Waals surface area contributed by atoms with Gasteiger partial charge in [-0.1, -0.05) is 0 Å². The van der Waals surface area contributed by atoms with Crippen LogP contribution in [0.25, 0.3) is 0 Å². The zero-order chi connectivity index (χ0) is 15.4. The average Bonchev–Trinajstić information content (AvgIpc) is 2.46. The van der Waals surface area contributed by atoms with Crippen LogP contribution in [0, 0.1) is 0 Å². The van der Waals surface area contributed by atoms with Crippen molar-refractivity contribution in [2.45, 2.75) is 6.61 Å². The fraction of sp³-hybridized carbons (Fsp3) is 0.143. The molecule has 0 unspecified atom stereocenters. The van der Waals surface area contributed by atoms with Crippen molar-refractivity contribution in [2.24, 2.45) is 0 Å². The van der Waals surface area contributed by atoms with E-state index in [2.05, 4.69) is 20.9 Å². The normalized spacial score (nSPS) is 10.2. The standard InChI is InChI=1S/C14H13BrN2O4/c1-20-12-5-11(16)10(14(18)19)4-13(12)21-7-9-3-2-8(15)6-17-9/h2-6H,7,16H2,1H3,(H,18,19). The van der Waals surface area contributed by atoms with Crippen LogP contribution in [0.3, 0.4) is 0 Å². The number of nitrogen functional groups attached to an aromatic ring is 1. The van der Waals surface area contributed by atoms with Gasteiger partial charge >= 0.3 is 5.97 Å². The lowest BCUT2D eigenvalue weighted by Crippen LogP contribution is -2.05. The Kier molecular flexibility index (Phi) is 4.64. The Morgan fingerprint density at radius 1 is 1.38 bits per heavy atom. The molecular weight excluding hydrogens is 340 g/mol. The number of carbonyl (C=O) groups is 1. The summed E-state index contributed by atoms with van der Waals surface area (Å²) in [5, 5.41) is 9.08. The molecule has 2 rings (SSSR count). The first-order valence-corrected chi connectivity index (χ1v) is 6.74. The number of carboxylic acids is 1. The molecule has 0 aliphatic carbocycles. The monoisotopic (exact) mass is 352 g/mol. The number of nitrogens with two attached hydrogens (primary N) is 1. The Hall–Kier alpha value is -2.28. The number of hydrogen-bond donors (Lipinski definition) is 2. The van der Waals surface area contributed by atoms with Crippen molar-refractivity contribution in [1.82, 2.24) is 4.98 Å². The number of carboxylic acid groups (broad SMARTS) is 1. The van der Waals surface area contributed by atoms with E-state index < -0.39 is 5.97 Å². The van der Waals surface area contributed by atoms with Gasteiger partial charge in [-0.3, -0.25) is 4.98 Å². The molecule has 0 spiro atoms. The van der Waals surface area contributed by atoms with Crippen LogP contribution < -0.4 is 15.2 Å². The highest BCUT2D eigenvalue weighted by Crippen LogP contribution is 2.32. The first-order valence-electron chi connectivity index (χ1n) is 5.95. The van der Waals surface area contributed by atoms with Gasteiger partial charge in [0.25, 0.3) is 0 Å². The molecule has 6 nitrogen and oxygen atoms in total. The van der Waals surface area contributed by atoms with Crippen molar-refractivity contribution in [3.8, 4) is 11.5 Å². The zero-order valence-electron chi connectivity index (χ0n) is 11.2. The van der Waals surface area contributed by atoms with Gasteiger partial charge in [0, 0.05) is 22.8 Å². The number of benzene rings is 1. The van der Waals surface area contributed by atoms with Gasteiger partial charge in [-0.05, 0) is 28.1 Å². The van der Waals surface area contributed by atoms with Crippen molar-refractivity contribution in [2.75, 3.05) is 12.8 Å². The molecule has 0 bridgehead atoms. The van der Waals surface area contributed by atoms with Gasteiger partial charge in [0.05, 0.1) is 24.1 Å². The SMILES string of the molecule is COc1cc(N)c(C(=O)O)cc1OCc1ccc(Br)cn1. The molecule has 0 atom stereocenters. The van der Waals surface area contributed by atoms with Crippen molar-refractivity contribution < 1.29 is 19.4 Å². The number of halogens is 1. The molecule has 0 aliphatic heterocycles. The van der Waals surface area contributed by atoms with E-state index in [0.717, 1.165) is 4.47 Å². The van der Waals surface area contributed by atoms with Crippen molar-refractivity contribution in [3.63, 3.8) is 0 Å². The third-order valence-electron chi connectivity index (χ3n) is 2.73. The maximum Gasteiger partial charge on any atom is 0.337 e. The second-order valence-electron chi connectivity index (χ2n) is 4.15. The minimum Gasteiger partial charge on any atom is -0.493 e. The molecular formula is C14H13BrN2O4. The number of rotatable bonds is 5. The lowest BCUT2D eigenvalue weighted by Gasteiger charge is -2.12. The molecule has 21 heavy (non-hydrogen) atoms. The van der Waals surface area contributed by atoms with Gasteiger partial charge in [0.1, 0.15) is 6.61 Å². The Balaban J connectivity index is 2.23. The fourth-order valence-corrected chi connectivity index (χ4v) is 1.91. The number of aromatic nitrogens is 1. The van der Waals surface area contributed by atoms with E-state index >= 15 is 0 Å². The van der Waals surface area contributed by atoms with Crippen LogP contribution in [0.5, 0.6) is 11.5 Å². The summed E-state index contributed by atoms with van der Waals surface area (Å²) >= 11 is 3.30. The van der Waals surface area contributed by atoms with E-state index in [1.165, 1.54) is 19.2 Å². The van der Waals surface area contributed by atoms with E-state index in [9.17, 15) is 4.79 Å². The summed E-state index contributed by atoms with van der Waals surface area (Å²) in [4.78, 5) is 15.3. The lowest BCUT2D eigenvalue weighted by atomic mass is 10.1. The number of ether oxygens (including phenoxy) is 2. The summed E-state index contributed by atoms with van der Waals surface area (Å²) in [5.41, 5.74) is 6.45. The Morgan fingerprint density at radius 2 is 2.14 bits per heavy atom. The number of pyridine rings is 1. The second-order valence-corrected chi connectivity index (χ2v) is 5.07. The number of aromatic carboxylic acids is 1. The lowest BCUT2D eigenvalue weighted by molar-refractivity contribution is 0.0697. The van der Waals surface area contributed by atoms with Crippen LogP contribution >= 0.6 is 15.9 Å². The van der Waals surface area contributed by atoms with E-state index in [-0.39, 0.29) is 17.9 Å². The molecule has 7 heteroatoms. The van der Waals surface area contributed by atoms with Crippen LogP contribution in [0.1, 0.15) is 16.1 Å². The van der Waals surface area contributed by atoms with Crippen molar-refractivity contribution in [1.29, 1.82) is 0 Å². The van der Waals surface area contributed by atoms with Crippen LogP contribution in [0.4, 0.5) is 5.69 Å². The highest BCUT2D eigenvalue weighted by molar-refractivity contribution is 9.10. The highest BCUT2D eigenvalue weighted by atomic mass is 79.9. The summed E-state index contributed by atoms with van der Waals surface area (Å²) in [6.07, 6.45) is 1.65. The number of hydrogen-bond acceptors (Lipinski definition) is 5. The Morgan fingerprint density at radius 3 is 2.71 bits per heavy atom. The van der Waals surface area contributed by atoms with Gasteiger partial charge in [-0.2, -0.15) is 0 Å². The second kappa shape index (κ2) is 6.45. The molecule has 0 amide bonds. The maximum absolute atomic E-state index is 11.1. The smallest absolute Gasteiger partial charge is 0.337 e. The predicted molar refractivity (Wildman–Crippen MR) is 80.6 cm³/mol. The number of anilines is 1. The minimum atomic E-state index is -1.12. The van der Waals surface area contributed by atoms with Crippen LogP contribution in [-0.4, -0.2) is 23.2 Å². The van der Waals surface area contributed by atoms with E-state index in [0.29, 0.717) is 17.2 Å². The average molecular weight is 353 g/mol. The Bertz CT molecular complexity index is 659. The molecule has 2 aromatic rings. The van der Waals surface area contributed by atoms with Crippen LogP contribution in [-0.2, 0) is 6.61 Å². The molecule has 1 aromatic heterocycles. The molecule has 0 fully saturated rings. The van der Waals surface area contributed by atoms with Crippen molar-refractivity contribution >= 4 is 27.6 Å². The summed E-state index contributed by atoms with van der Waals surface area (Å²) in [6.45, 7) is 0.187. The van der Waals surface area contributed by atoms with E-state index in [1.807, 2.05) is 6.07 Å². The van der Waals surface area contributed by atoms with Gasteiger partial charge < -0.3 is 20.3 Å². The minimum absolute atomic E-state index is 0.0328. The van der Waals surface area contributed by atoms with E-state index in [1.54, 1.807) is 12.3 Å². The largest absolute Gasteiger partial charge is 0.493 e. The number of nitrogens with zero attached hydrogens (tertiary/aromatic N) is 1. The first kappa shape index (κ1) is 15.1. The molecule has 1 heterocycles. The third-order valence-corrected chi connectivity index (χ3v) is 3.20. The van der Waals surface area contributed by atoms with E-state index in [4.69, 9.17) is 20.3 Å².